The van der Waals surface area contributed by atoms with Crippen molar-refractivity contribution in [3.05, 3.63) is 29.3 Å². The van der Waals surface area contributed by atoms with Gasteiger partial charge in [-0.3, -0.25) is 4.79 Å². The molecule has 1 aromatic rings. The second-order valence-electron chi connectivity index (χ2n) is 5.49. The number of esters is 1. The van der Waals surface area contributed by atoms with Crippen LogP contribution in [0.1, 0.15) is 42.6 Å². The van der Waals surface area contributed by atoms with Gasteiger partial charge < -0.3 is 10.1 Å². The Bertz CT molecular complexity index is 705. The fourth-order valence-corrected chi connectivity index (χ4v) is 3.39. The first kappa shape index (κ1) is 19.2. The van der Waals surface area contributed by atoms with Crippen molar-refractivity contribution in [2.24, 2.45) is 0 Å². The number of rotatable bonds is 6. The normalized spacial score (nSPS) is 11.9. The highest BCUT2D eigenvalue weighted by atomic mass is 32.2. The van der Waals surface area contributed by atoms with E-state index in [1.54, 1.807) is 26.8 Å². The fourth-order valence-electron chi connectivity index (χ4n) is 2.39. The zero-order valence-corrected chi connectivity index (χ0v) is 14.9. The zero-order chi connectivity index (χ0) is 17.8. The van der Waals surface area contributed by atoms with Gasteiger partial charge in [-0.05, 0) is 37.5 Å². The second kappa shape index (κ2) is 7.12. The van der Waals surface area contributed by atoms with Crippen LogP contribution < -0.4 is 5.32 Å². The van der Waals surface area contributed by atoms with Crippen molar-refractivity contribution >= 4 is 21.7 Å². The number of carbonyl (C=O) groups is 2. The SMILES string of the molecule is CCC(CC)(NC(=O)c1ccc(C)c(S(C)(=O)=O)c1)C(=O)OC. The first-order chi connectivity index (χ1) is 10.6. The highest BCUT2D eigenvalue weighted by Crippen LogP contribution is 2.20. The monoisotopic (exact) mass is 341 g/mol. The predicted octanol–water partition coefficient (Wildman–Crippen LogP) is 1.86. The minimum atomic E-state index is -3.44. The summed E-state index contributed by atoms with van der Waals surface area (Å²) in [7, 11) is -2.17. The van der Waals surface area contributed by atoms with Gasteiger partial charge in [0.2, 0.25) is 0 Å². The van der Waals surface area contributed by atoms with E-state index < -0.39 is 27.3 Å². The zero-order valence-electron chi connectivity index (χ0n) is 14.1. The Labute approximate surface area is 137 Å². The smallest absolute Gasteiger partial charge is 0.331 e. The third-order valence-corrected chi connectivity index (χ3v) is 5.22. The van der Waals surface area contributed by atoms with Gasteiger partial charge in [0.05, 0.1) is 12.0 Å². The lowest BCUT2D eigenvalue weighted by atomic mass is 9.92. The quantitative estimate of drug-likeness (QED) is 0.798. The molecule has 0 radical (unpaired) electrons. The molecule has 1 amide bonds. The number of nitrogens with one attached hydrogen (secondary N) is 1. The van der Waals surface area contributed by atoms with Crippen molar-refractivity contribution in [3.63, 3.8) is 0 Å². The molecule has 0 aliphatic carbocycles. The lowest BCUT2D eigenvalue weighted by Crippen LogP contribution is -2.54. The molecule has 128 valence electrons. The van der Waals surface area contributed by atoms with E-state index in [0.29, 0.717) is 18.4 Å². The molecule has 1 aromatic carbocycles. The van der Waals surface area contributed by atoms with Crippen molar-refractivity contribution < 1.29 is 22.7 Å². The van der Waals surface area contributed by atoms with Crippen LogP contribution >= 0.6 is 0 Å². The van der Waals surface area contributed by atoms with Crippen LogP contribution in [-0.2, 0) is 19.4 Å². The van der Waals surface area contributed by atoms with Crippen LogP contribution in [0.4, 0.5) is 0 Å². The van der Waals surface area contributed by atoms with Crippen molar-refractivity contribution in [2.45, 2.75) is 44.0 Å². The summed E-state index contributed by atoms with van der Waals surface area (Å²) < 4.78 is 28.3. The Morgan fingerprint density at radius 2 is 1.78 bits per heavy atom. The molecule has 0 saturated carbocycles. The standard InChI is InChI=1S/C16H23NO5S/c1-6-16(7-2,15(19)22-4)17-14(18)12-9-8-11(3)13(10-12)23(5,20)21/h8-10H,6-7H2,1-5H3,(H,17,18). The molecular weight excluding hydrogens is 318 g/mol. The van der Waals surface area contributed by atoms with Gasteiger partial charge in [-0.2, -0.15) is 0 Å². The number of sulfone groups is 1. The Morgan fingerprint density at radius 3 is 2.22 bits per heavy atom. The molecule has 0 aromatic heterocycles. The van der Waals surface area contributed by atoms with Crippen LogP contribution in [0.3, 0.4) is 0 Å². The molecule has 23 heavy (non-hydrogen) atoms. The molecule has 0 unspecified atom stereocenters. The summed E-state index contributed by atoms with van der Waals surface area (Å²) >= 11 is 0. The molecule has 0 aliphatic rings. The van der Waals surface area contributed by atoms with Crippen LogP contribution in [0.5, 0.6) is 0 Å². The molecule has 0 atom stereocenters. The molecule has 1 rings (SSSR count). The predicted molar refractivity (Wildman–Crippen MR) is 87.1 cm³/mol. The summed E-state index contributed by atoms with van der Waals surface area (Å²) in [6.07, 6.45) is 1.83. The summed E-state index contributed by atoms with van der Waals surface area (Å²) in [6, 6.07) is 4.43. The average molecular weight is 341 g/mol. The largest absolute Gasteiger partial charge is 0.467 e. The van der Waals surface area contributed by atoms with Gasteiger partial charge in [0.15, 0.2) is 9.84 Å². The number of hydrogen-bond donors (Lipinski definition) is 1. The summed E-state index contributed by atoms with van der Waals surface area (Å²) in [6.45, 7) is 5.21. The van der Waals surface area contributed by atoms with Gasteiger partial charge in [-0.25, -0.2) is 13.2 Å². The van der Waals surface area contributed by atoms with Crippen molar-refractivity contribution in [1.82, 2.24) is 5.32 Å². The lowest BCUT2D eigenvalue weighted by molar-refractivity contribution is -0.148. The number of amides is 1. The topological polar surface area (TPSA) is 89.5 Å². The molecule has 0 aliphatic heterocycles. The second-order valence-corrected chi connectivity index (χ2v) is 7.47. The van der Waals surface area contributed by atoms with Gasteiger partial charge in [0.1, 0.15) is 5.54 Å². The molecule has 6 nitrogen and oxygen atoms in total. The van der Waals surface area contributed by atoms with Gasteiger partial charge >= 0.3 is 5.97 Å². The number of ether oxygens (including phenoxy) is 1. The molecule has 0 spiro atoms. The van der Waals surface area contributed by atoms with Crippen LogP contribution in [0, 0.1) is 6.92 Å². The lowest BCUT2D eigenvalue weighted by Gasteiger charge is -2.29. The minimum Gasteiger partial charge on any atom is -0.467 e. The number of carbonyl (C=O) groups excluding carboxylic acids is 2. The molecule has 0 saturated heterocycles. The van der Waals surface area contributed by atoms with Crippen LogP contribution in [-0.4, -0.2) is 39.2 Å². The summed E-state index contributed by atoms with van der Waals surface area (Å²) in [5, 5.41) is 2.69. The Kier molecular flexibility index (Phi) is 5.93. The van der Waals surface area contributed by atoms with E-state index in [9.17, 15) is 18.0 Å². The number of hydrogen-bond acceptors (Lipinski definition) is 5. The molecule has 0 heterocycles. The molecule has 7 heteroatoms. The van der Waals surface area contributed by atoms with E-state index in [4.69, 9.17) is 4.74 Å². The molecular formula is C16H23NO5S. The maximum atomic E-state index is 12.5. The molecule has 1 N–H and O–H groups in total. The summed E-state index contributed by atoms with van der Waals surface area (Å²) in [5.41, 5.74) is -0.373. The minimum absolute atomic E-state index is 0.0989. The highest BCUT2D eigenvalue weighted by Gasteiger charge is 2.37. The summed E-state index contributed by atoms with van der Waals surface area (Å²) in [5.74, 6) is -1.03. The molecule has 0 bridgehead atoms. The van der Waals surface area contributed by atoms with Crippen molar-refractivity contribution in [1.29, 1.82) is 0 Å². The van der Waals surface area contributed by atoms with Crippen LogP contribution in [0.2, 0.25) is 0 Å². The van der Waals surface area contributed by atoms with Gasteiger partial charge in [-0.1, -0.05) is 19.9 Å². The Morgan fingerprint density at radius 1 is 1.22 bits per heavy atom. The number of aryl methyl sites for hydroxylation is 1. The van der Waals surface area contributed by atoms with E-state index in [0.717, 1.165) is 6.26 Å². The Hall–Kier alpha value is -1.89. The van der Waals surface area contributed by atoms with E-state index in [1.165, 1.54) is 19.2 Å². The van der Waals surface area contributed by atoms with Crippen molar-refractivity contribution in [3.8, 4) is 0 Å². The van der Waals surface area contributed by atoms with Crippen LogP contribution in [0.15, 0.2) is 23.1 Å². The number of benzene rings is 1. The maximum Gasteiger partial charge on any atom is 0.331 e. The number of methoxy groups -OCH3 is 1. The van der Waals surface area contributed by atoms with Crippen molar-refractivity contribution in [2.75, 3.05) is 13.4 Å². The van der Waals surface area contributed by atoms with Gasteiger partial charge in [0.25, 0.3) is 5.91 Å². The maximum absolute atomic E-state index is 12.5. The van der Waals surface area contributed by atoms with Gasteiger partial charge in [-0.15, -0.1) is 0 Å². The third kappa shape index (κ3) is 4.10. The van der Waals surface area contributed by atoms with Crippen LogP contribution in [0.25, 0.3) is 0 Å². The summed E-state index contributed by atoms with van der Waals surface area (Å²) in [4.78, 5) is 24.6. The first-order valence-electron chi connectivity index (χ1n) is 7.33. The van der Waals surface area contributed by atoms with E-state index in [2.05, 4.69) is 5.32 Å². The van der Waals surface area contributed by atoms with E-state index in [-0.39, 0.29) is 10.5 Å². The van der Waals surface area contributed by atoms with E-state index in [1.807, 2.05) is 0 Å². The first-order valence-corrected chi connectivity index (χ1v) is 9.22. The Balaban J connectivity index is 3.23. The highest BCUT2D eigenvalue weighted by molar-refractivity contribution is 7.90. The fraction of sp³-hybridized carbons (Fsp3) is 0.500. The molecule has 0 fully saturated rings. The average Bonchev–Trinajstić information content (AvgIpc) is 2.51. The van der Waals surface area contributed by atoms with Gasteiger partial charge in [0, 0.05) is 11.8 Å². The third-order valence-electron chi connectivity index (χ3n) is 3.99. The van der Waals surface area contributed by atoms with E-state index >= 15 is 0 Å².